The van der Waals surface area contributed by atoms with Gasteiger partial charge in [-0.25, -0.2) is 4.39 Å². The van der Waals surface area contributed by atoms with Gasteiger partial charge in [0.2, 0.25) is 10.3 Å². The summed E-state index contributed by atoms with van der Waals surface area (Å²) in [6.45, 7) is 0. The Labute approximate surface area is 81.0 Å². The Morgan fingerprint density at radius 2 is 2.31 bits per heavy atom. The number of aromatic nitrogens is 4. The molecule has 0 aromatic carbocycles. The van der Waals surface area contributed by atoms with Crippen molar-refractivity contribution in [1.82, 2.24) is 20.0 Å². The Morgan fingerprint density at radius 3 is 2.77 bits per heavy atom. The summed E-state index contributed by atoms with van der Waals surface area (Å²) in [7, 11) is 0. The van der Waals surface area contributed by atoms with E-state index in [9.17, 15) is 4.39 Å². The molecule has 0 radical (unpaired) electrons. The second-order valence-electron chi connectivity index (χ2n) is 2.12. The molecule has 0 amide bonds. The topological polar surface area (TPSA) is 69.6 Å². The van der Waals surface area contributed by atoms with E-state index in [1.54, 1.807) is 0 Å². The summed E-state index contributed by atoms with van der Waals surface area (Å²) in [4.78, 5) is 0. The molecule has 0 bridgehead atoms. The summed E-state index contributed by atoms with van der Waals surface area (Å²) in [6.07, 6.45) is 1.000. The van der Waals surface area contributed by atoms with Crippen molar-refractivity contribution < 1.29 is 4.39 Å². The summed E-state index contributed by atoms with van der Waals surface area (Å²) in [5, 5.41) is 11.4. The fourth-order valence-corrected chi connectivity index (χ4v) is 1.56. The van der Waals surface area contributed by atoms with Crippen molar-refractivity contribution >= 4 is 28.1 Å². The molecule has 8 heteroatoms. The van der Waals surface area contributed by atoms with Gasteiger partial charge in [-0.1, -0.05) is 22.9 Å². The molecule has 0 aliphatic carbocycles. The van der Waals surface area contributed by atoms with E-state index in [1.807, 2.05) is 0 Å². The van der Waals surface area contributed by atoms with E-state index in [1.165, 1.54) is 0 Å². The van der Waals surface area contributed by atoms with Crippen LogP contribution >= 0.6 is 22.9 Å². The van der Waals surface area contributed by atoms with Crippen molar-refractivity contribution in [1.29, 1.82) is 0 Å². The lowest BCUT2D eigenvalue weighted by Crippen LogP contribution is -1.95. The Hall–Kier alpha value is -1.21. The van der Waals surface area contributed by atoms with Crippen molar-refractivity contribution in [2.75, 3.05) is 5.73 Å². The van der Waals surface area contributed by atoms with Crippen LogP contribution in [-0.2, 0) is 0 Å². The van der Waals surface area contributed by atoms with Crippen LogP contribution in [0, 0.1) is 5.82 Å². The monoisotopic (exact) mass is 219 g/mol. The van der Waals surface area contributed by atoms with Crippen LogP contribution in [0.4, 0.5) is 9.52 Å². The standard InChI is InChI=1S/C5H3ClFN5S/c6-3-2(7)1-9-12(3)5-11-10-4(8)13-5/h1H,(H2,8,10). The van der Waals surface area contributed by atoms with Crippen molar-refractivity contribution in [3.05, 3.63) is 17.2 Å². The third-order valence-corrected chi connectivity index (χ3v) is 2.35. The van der Waals surface area contributed by atoms with Crippen LogP contribution in [0.3, 0.4) is 0 Å². The van der Waals surface area contributed by atoms with Crippen molar-refractivity contribution in [2.24, 2.45) is 0 Å². The minimum Gasteiger partial charge on any atom is -0.374 e. The molecule has 0 unspecified atom stereocenters. The van der Waals surface area contributed by atoms with Crippen LogP contribution in [0.25, 0.3) is 5.13 Å². The first-order valence-corrected chi connectivity index (χ1v) is 4.36. The minimum absolute atomic E-state index is 0.129. The summed E-state index contributed by atoms with van der Waals surface area (Å²) < 4.78 is 13.9. The third-order valence-electron chi connectivity index (χ3n) is 1.28. The highest BCUT2D eigenvalue weighted by atomic mass is 35.5. The van der Waals surface area contributed by atoms with Crippen LogP contribution in [0.1, 0.15) is 0 Å². The molecule has 2 aromatic heterocycles. The molecule has 0 atom stereocenters. The zero-order chi connectivity index (χ0) is 9.42. The molecule has 2 rings (SSSR count). The lowest BCUT2D eigenvalue weighted by Gasteiger charge is -1.93. The Kier molecular flexibility index (Phi) is 1.89. The third kappa shape index (κ3) is 1.36. The zero-order valence-corrected chi connectivity index (χ0v) is 7.68. The van der Waals surface area contributed by atoms with E-state index in [0.717, 1.165) is 22.2 Å². The number of nitrogens with two attached hydrogens (primary N) is 1. The molecular weight excluding hydrogens is 217 g/mol. The number of nitrogen functional groups attached to an aromatic ring is 1. The first-order valence-electron chi connectivity index (χ1n) is 3.17. The largest absolute Gasteiger partial charge is 0.374 e. The molecular formula is C5H3ClFN5S. The molecule has 0 aliphatic rings. The molecule has 68 valence electrons. The lowest BCUT2D eigenvalue weighted by molar-refractivity contribution is 0.627. The van der Waals surface area contributed by atoms with Gasteiger partial charge in [0.1, 0.15) is 0 Å². The van der Waals surface area contributed by atoms with Crippen LogP contribution < -0.4 is 5.73 Å². The highest BCUT2D eigenvalue weighted by Crippen LogP contribution is 2.21. The Morgan fingerprint density at radius 1 is 1.54 bits per heavy atom. The van der Waals surface area contributed by atoms with Gasteiger partial charge in [-0.15, -0.1) is 10.2 Å². The van der Waals surface area contributed by atoms with E-state index in [2.05, 4.69) is 15.3 Å². The van der Waals surface area contributed by atoms with Gasteiger partial charge in [-0.3, -0.25) is 0 Å². The van der Waals surface area contributed by atoms with E-state index in [0.29, 0.717) is 5.13 Å². The predicted octanol–water partition coefficient (Wildman–Crippen LogP) is 1.10. The molecule has 5 nitrogen and oxygen atoms in total. The van der Waals surface area contributed by atoms with Crippen LogP contribution in [0.2, 0.25) is 5.15 Å². The molecule has 0 aliphatic heterocycles. The quantitative estimate of drug-likeness (QED) is 0.780. The molecule has 2 N–H and O–H groups in total. The van der Waals surface area contributed by atoms with E-state index in [-0.39, 0.29) is 10.3 Å². The van der Waals surface area contributed by atoms with E-state index >= 15 is 0 Å². The van der Waals surface area contributed by atoms with Gasteiger partial charge in [0.25, 0.3) is 0 Å². The number of nitrogens with zero attached hydrogens (tertiary/aromatic N) is 4. The van der Waals surface area contributed by atoms with Crippen molar-refractivity contribution in [2.45, 2.75) is 0 Å². The second kappa shape index (κ2) is 2.93. The molecule has 13 heavy (non-hydrogen) atoms. The van der Waals surface area contributed by atoms with Crippen LogP contribution in [0.5, 0.6) is 0 Å². The molecule has 2 heterocycles. The Balaban J connectivity index is 2.52. The maximum absolute atomic E-state index is 12.7. The number of hydrogen-bond acceptors (Lipinski definition) is 5. The average Bonchev–Trinajstić information content (AvgIpc) is 2.62. The van der Waals surface area contributed by atoms with Crippen LogP contribution in [0.15, 0.2) is 6.20 Å². The van der Waals surface area contributed by atoms with Gasteiger partial charge >= 0.3 is 0 Å². The Bertz CT molecular complexity index is 438. The van der Waals surface area contributed by atoms with Crippen molar-refractivity contribution in [3.8, 4) is 5.13 Å². The van der Waals surface area contributed by atoms with Gasteiger partial charge < -0.3 is 5.73 Å². The highest BCUT2D eigenvalue weighted by molar-refractivity contribution is 7.17. The summed E-state index contributed by atoms with van der Waals surface area (Å²) in [5.74, 6) is -0.601. The van der Waals surface area contributed by atoms with E-state index in [4.69, 9.17) is 17.3 Å². The van der Waals surface area contributed by atoms with E-state index < -0.39 is 5.82 Å². The number of rotatable bonds is 1. The lowest BCUT2D eigenvalue weighted by atomic mass is 10.7. The SMILES string of the molecule is Nc1nnc(-n2ncc(F)c2Cl)s1. The normalized spacial score (nSPS) is 10.6. The molecule has 2 aromatic rings. The number of hydrogen-bond donors (Lipinski definition) is 1. The molecule has 0 fully saturated rings. The summed E-state index contributed by atoms with van der Waals surface area (Å²) in [5.41, 5.74) is 5.34. The molecule has 0 saturated heterocycles. The number of anilines is 1. The molecule has 0 spiro atoms. The second-order valence-corrected chi connectivity index (χ2v) is 3.46. The fraction of sp³-hybridized carbons (Fsp3) is 0. The first-order chi connectivity index (χ1) is 6.18. The van der Waals surface area contributed by atoms with Gasteiger partial charge in [-0.05, 0) is 0 Å². The zero-order valence-electron chi connectivity index (χ0n) is 6.11. The maximum atomic E-state index is 12.7. The smallest absolute Gasteiger partial charge is 0.236 e. The number of halogens is 2. The van der Waals surface area contributed by atoms with Gasteiger partial charge in [0.05, 0.1) is 6.20 Å². The van der Waals surface area contributed by atoms with Gasteiger partial charge in [0.15, 0.2) is 11.0 Å². The van der Waals surface area contributed by atoms with Crippen molar-refractivity contribution in [3.63, 3.8) is 0 Å². The average molecular weight is 220 g/mol. The predicted molar refractivity (Wildman–Crippen MR) is 46.4 cm³/mol. The van der Waals surface area contributed by atoms with Gasteiger partial charge in [-0.2, -0.15) is 9.78 Å². The van der Waals surface area contributed by atoms with Gasteiger partial charge in [0, 0.05) is 0 Å². The molecule has 0 saturated carbocycles. The highest BCUT2D eigenvalue weighted by Gasteiger charge is 2.12. The first kappa shape index (κ1) is 8.39. The maximum Gasteiger partial charge on any atom is 0.236 e. The summed E-state index contributed by atoms with van der Waals surface area (Å²) in [6, 6.07) is 0. The fourth-order valence-electron chi connectivity index (χ4n) is 0.759. The van der Waals surface area contributed by atoms with Crippen LogP contribution in [-0.4, -0.2) is 20.0 Å². The minimum atomic E-state index is -0.601. The summed E-state index contributed by atoms with van der Waals surface area (Å²) >= 11 is 6.65.